The van der Waals surface area contributed by atoms with Crippen molar-refractivity contribution in [3.05, 3.63) is 28.3 Å². The number of ether oxygens (including phenoxy) is 1. The monoisotopic (exact) mass is 400 g/mol. The molecule has 0 atom stereocenters. The summed E-state index contributed by atoms with van der Waals surface area (Å²) in [4.78, 5) is 23.9. The zero-order chi connectivity index (χ0) is 20.0. The number of likely N-dealkylation sites (N-methyl/N-ethyl adjacent to an activating group) is 2. The van der Waals surface area contributed by atoms with Crippen LogP contribution in [0.4, 0.5) is 11.4 Å². The second-order valence-electron chi connectivity index (χ2n) is 5.89. The van der Waals surface area contributed by atoms with Crippen molar-refractivity contribution < 1.29 is 22.9 Å². The summed E-state index contributed by atoms with van der Waals surface area (Å²) in [5.74, 6) is -0.257. The van der Waals surface area contributed by atoms with E-state index < -0.39 is 14.9 Å². The highest BCUT2D eigenvalue weighted by atomic mass is 32.2. The average Bonchev–Trinajstić information content (AvgIpc) is 2.66. The van der Waals surface area contributed by atoms with Gasteiger partial charge in [-0.1, -0.05) is 0 Å². The van der Waals surface area contributed by atoms with Crippen LogP contribution in [0, 0.1) is 10.1 Å². The van der Waals surface area contributed by atoms with Crippen molar-refractivity contribution >= 4 is 27.3 Å². The Morgan fingerprint density at radius 1 is 1.33 bits per heavy atom. The van der Waals surface area contributed by atoms with Crippen molar-refractivity contribution in [2.24, 2.45) is 0 Å². The first-order chi connectivity index (χ1) is 12.8. The van der Waals surface area contributed by atoms with Crippen LogP contribution in [0.1, 0.15) is 13.8 Å². The van der Waals surface area contributed by atoms with Crippen molar-refractivity contribution in [3.63, 3.8) is 0 Å². The molecule has 1 aliphatic rings. The molecule has 2 rings (SSSR count). The molecule has 1 amide bonds. The van der Waals surface area contributed by atoms with E-state index in [2.05, 4.69) is 5.32 Å². The molecule has 1 heterocycles. The summed E-state index contributed by atoms with van der Waals surface area (Å²) in [6.45, 7) is 5.21. The number of rotatable bonds is 8. The number of sulfonamides is 1. The fraction of sp³-hybridized carbons (Fsp3) is 0.562. The topological polar surface area (TPSA) is 122 Å². The second kappa shape index (κ2) is 9.11. The van der Waals surface area contributed by atoms with Gasteiger partial charge in [-0.15, -0.1) is 0 Å². The number of carbonyl (C=O) groups excluding carboxylic acids is 1. The zero-order valence-corrected chi connectivity index (χ0v) is 16.2. The fourth-order valence-corrected chi connectivity index (χ4v) is 4.44. The normalized spacial score (nSPS) is 15.3. The number of anilines is 1. The van der Waals surface area contributed by atoms with E-state index in [1.54, 1.807) is 18.7 Å². The van der Waals surface area contributed by atoms with Crippen molar-refractivity contribution in [2.45, 2.75) is 18.7 Å². The number of hydrogen-bond donors (Lipinski definition) is 1. The highest BCUT2D eigenvalue weighted by molar-refractivity contribution is 7.89. The highest BCUT2D eigenvalue weighted by Crippen LogP contribution is 2.32. The number of carbonyl (C=O) groups is 1. The van der Waals surface area contributed by atoms with Gasteiger partial charge in [0.2, 0.25) is 15.9 Å². The molecule has 1 aromatic rings. The van der Waals surface area contributed by atoms with Crippen LogP contribution in [0.2, 0.25) is 0 Å². The number of non-ortho nitro benzene ring substituents is 1. The Hall–Kier alpha value is -2.24. The molecular weight excluding hydrogens is 376 g/mol. The Morgan fingerprint density at radius 2 is 2.00 bits per heavy atom. The summed E-state index contributed by atoms with van der Waals surface area (Å²) >= 11 is 0. The lowest BCUT2D eigenvalue weighted by Gasteiger charge is -2.29. The Labute approximate surface area is 158 Å². The van der Waals surface area contributed by atoms with Gasteiger partial charge in [0.1, 0.15) is 4.90 Å². The largest absolute Gasteiger partial charge is 0.379 e. The molecule has 0 unspecified atom stereocenters. The van der Waals surface area contributed by atoms with E-state index in [0.717, 1.165) is 6.07 Å². The zero-order valence-electron chi connectivity index (χ0n) is 15.4. The van der Waals surface area contributed by atoms with Crippen molar-refractivity contribution in [1.82, 2.24) is 9.62 Å². The maximum Gasteiger partial charge on any atom is 0.270 e. The maximum atomic E-state index is 13.1. The summed E-state index contributed by atoms with van der Waals surface area (Å²) in [5.41, 5.74) is -0.0551. The van der Waals surface area contributed by atoms with Crippen LogP contribution >= 0.6 is 0 Å². The van der Waals surface area contributed by atoms with Crippen molar-refractivity contribution in [1.29, 1.82) is 0 Å². The fourth-order valence-electron chi connectivity index (χ4n) is 2.80. The predicted molar refractivity (Wildman–Crippen MR) is 99.2 cm³/mol. The Bertz CT molecular complexity index is 792. The van der Waals surface area contributed by atoms with E-state index in [0.29, 0.717) is 13.1 Å². The van der Waals surface area contributed by atoms with E-state index in [-0.39, 0.29) is 55.0 Å². The molecule has 11 heteroatoms. The lowest BCUT2D eigenvalue weighted by molar-refractivity contribution is -0.385. The minimum atomic E-state index is -3.98. The molecule has 0 aromatic heterocycles. The highest BCUT2D eigenvalue weighted by Gasteiger charge is 2.32. The van der Waals surface area contributed by atoms with Crippen molar-refractivity contribution in [2.75, 3.05) is 50.8 Å². The first-order valence-electron chi connectivity index (χ1n) is 8.69. The molecule has 1 aliphatic heterocycles. The minimum absolute atomic E-state index is 0.0478. The standard InChI is InChI=1S/C16H24N4O6S/c1-3-17-16(21)12-18(4-2)14-6-5-13(20(22)23)11-15(14)27(24,25)19-7-9-26-10-8-19/h5-6,11H,3-4,7-10,12H2,1-2H3,(H,17,21). The minimum Gasteiger partial charge on any atom is -0.379 e. The van der Waals surface area contributed by atoms with Gasteiger partial charge in [-0.25, -0.2) is 8.42 Å². The number of nitro benzene ring substituents is 1. The molecule has 0 spiro atoms. The quantitative estimate of drug-likeness (QED) is 0.500. The van der Waals surface area contributed by atoms with Crippen molar-refractivity contribution in [3.8, 4) is 0 Å². The third-order valence-corrected chi connectivity index (χ3v) is 6.10. The predicted octanol–water partition coefficient (Wildman–Crippen LogP) is 0.578. The van der Waals surface area contributed by atoms with E-state index in [4.69, 9.17) is 4.74 Å². The van der Waals surface area contributed by atoms with Gasteiger partial charge in [-0.05, 0) is 19.9 Å². The third-order valence-electron chi connectivity index (χ3n) is 4.17. The van der Waals surface area contributed by atoms with Crippen LogP contribution < -0.4 is 10.2 Å². The number of amides is 1. The molecule has 0 saturated carbocycles. The summed E-state index contributed by atoms with van der Waals surface area (Å²) in [6.07, 6.45) is 0. The molecule has 10 nitrogen and oxygen atoms in total. The van der Waals surface area contributed by atoms with Gasteiger partial charge in [0, 0.05) is 38.3 Å². The Kier molecular flexibility index (Phi) is 7.11. The first-order valence-corrected chi connectivity index (χ1v) is 10.1. The van der Waals surface area contributed by atoms with Crippen LogP contribution in [0.5, 0.6) is 0 Å². The van der Waals surface area contributed by atoms with Gasteiger partial charge in [-0.3, -0.25) is 14.9 Å². The first kappa shape index (κ1) is 21.1. The van der Waals surface area contributed by atoms with Gasteiger partial charge in [-0.2, -0.15) is 4.31 Å². The molecule has 1 aromatic carbocycles. The third kappa shape index (κ3) is 4.93. The summed E-state index contributed by atoms with van der Waals surface area (Å²) in [6, 6.07) is 3.68. The number of nitrogens with one attached hydrogen (secondary N) is 1. The van der Waals surface area contributed by atoms with Gasteiger partial charge in [0.05, 0.1) is 30.4 Å². The second-order valence-corrected chi connectivity index (χ2v) is 7.80. The number of benzene rings is 1. The van der Waals surface area contributed by atoms with Crippen LogP contribution in [-0.4, -0.2) is 69.5 Å². The number of nitrogens with zero attached hydrogens (tertiary/aromatic N) is 3. The van der Waals surface area contributed by atoms with Gasteiger partial charge in [0.15, 0.2) is 0 Å². The van der Waals surface area contributed by atoms with Crippen LogP contribution in [0.3, 0.4) is 0 Å². The van der Waals surface area contributed by atoms with E-state index >= 15 is 0 Å². The SMILES string of the molecule is CCNC(=O)CN(CC)c1ccc([N+](=O)[O-])cc1S(=O)(=O)N1CCOCC1. The maximum absolute atomic E-state index is 13.1. The van der Waals surface area contributed by atoms with E-state index in [1.165, 1.54) is 16.4 Å². The van der Waals surface area contributed by atoms with Gasteiger partial charge in [0.25, 0.3) is 5.69 Å². The van der Waals surface area contributed by atoms with E-state index in [1.807, 2.05) is 0 Å². The number of morpholine rings is 1. The molecular formula is C16H24N4O6S. The lowest BCUT2D eigenvalue weighted by Crippen LogP contribution is -2.42. The molecule has 0 aliphatic carbocycles. The number of hydrogen-bond acceptors (Lipinski definition) is 7. The Morgan fingerprint density at radius 3 is 2.56 bits per heavy atom. The number of nitro groups is 1. The molecule has 150 valence electrons. The molecule has 0 radical (unpaired) electrons. The summed E-state index contributed by atoms with van der Waals surface area (Å²) < 4.78 is 32.7. The Balaban J connectivity index is 2.50. The molecule has 1 N–H and O–H groups in total. The van der Waals surface area contributed by atoms with Gasteiger partial charge >= 0.3 is 0 Å². The van der Waals surface area contributed by atoms with Crippen LogP contribution in [0.25, 0.3) is 0 Å². The summed E-state index contributed by atoms with van der Waals surface area (Å²) in [7, 11) is -3.98. The smallest absolute Gasteiger partial charge is 0.270 e. The lowest BCUT2D eigenvalue weighted by atomic mass is 10.2. The molecule has 0 bridgehead atoms. The molecule has 27 heavy (non-hydrogen) atoms. The molecule has 1 saturated heterocycles. The molecule has 1 fully saturated rings. The van der Waals surface area contributed by atoms with Crippen LogP contribution in [0.15, 0.2) is 23.1 Å². The average molecular weight is 400 g/mol. The van der Waals surface area contributed by atoms with Gasteiger partial charge < -0.3 is 15.0 Å². The summed E-state index contributed by atoms with van der Waals surface area (Å²) in [5, 5.41) is 13.8. The van der Waals surface area contributed by atoms with E-state index in [9.17, 15) is 23.3 Å². The van der Waals surface area contributed by atoms with Crippen LogP contribution in [-0.2, 0) is 19.6 Å².